The second-order valence-corrected chi connectivity index (χ2v) is 3.89. The highest BCUT2D eigenvalue weighted by Crippen LogP contribution is 2.63. The molecule has 1 N–H and O–H groups in total. The lowest BCUT2D eigenvalue weighted by molar-refractivity contribution is 0.135. The van der Waals surface area contributed by atoms with E-state index in [2.05, 4.69) is 0 Å². The minimum atomic E-state index is 0.318. The van der Waals surface area contributed by atoms with Gasteiger partial charge in [0.2, 0.25) is 0 Å². The van der Waals surface area contributed by atoms with Crippen molar-refractivity contribution < 1.29 is 9.84 Å². The van der Waals surface area contributed by atoms with E-state index in [9.17, 15) is 0 Å². The van der Waals surface area contributed by atoms with Crippen molar-refractivity contribution in [1.29, 1.82) is 0 Å². The SMILES string of the molecule is CO[C@H]1[C@@H](CO)C12CCCC2. The molecule has 0 unspecified atom stereocenters. The molecule has 2 fully saturated rings. The van der Waals surface area contributed by atoms with Crippen LogP contribution in [0.4, 0.5) is 0 Å². The third-order valence-corrected chi connectivity index (χ3v) is 3.55. The van der Waals surface area contributed by atoms with Crippen LogP contribution in [0.1, 0.15) is 25.7 Å². The Morgan fingerprint density at radius 3 is 2.45 bits per heavy atom. The van der Waals surface area contributed by atoms with Crippen LogP contribution in [0.2, 0.25) is 0 Å². The minimum absolute atomic E-state index is 0.318. The highest BCUT2D eigenvalue weighted by Gasteiger charge is 2.65. The number of ether oxygens (including phenoxy) is 1. The summed E-state index contributed by atoms with van der Waals surface area (Å²) in [4.78, 5) is 0. The smallest absolute Gasteiger partial charge is 0.0688 e. The average molecular weight is 156 g/mol. The molecule has 0 aromatic carbocycles. The quantitative estimate of drug-likeness (QED) is 0.650. The van der Waals surface area contributed by atoms with Crippen LogP contribution in [-0.4, -0.2) is 24.9 Å². The number of methoxy groups -OCH3 is 1. The zero-order valence-electron chi connectivity index (χ0n) is 7.05. The summed E-state index contributed by atoms with van der Waals surface area (Å²) in [6.07, 6.45) is 5.58. The van der Waals surface area contributed by atoms with E-state index in [1.165, 1.54) is 25.7 Å². The summed E-state index contributed by atoms with van der Waals surface area (Å²) in [6.45, 7) is 0.318. The third kappa shape index (κ3) is 0.859. The summed E-state index contributed by atoms with van der Waals surface area (Å²) < 4.78 is 5.34. The first-order valence-corrected chi connectivity index (χ1v) is 4.49. The van der Waals surface area contributed by atoms with Gasteiger partial charge in [0.25, 0.3) is 0 Å². The molecular weight excluding hydrogens is 140 g/mol. The number of rotatable bonds is 2. The summed E-state index contributed by atoms with van der Waals surface area (Å²) in [5.41, 5.74) is 0.406. The molecule has 11 heavy (non-hydrogen) atoms. The van der Waals surface area contributed by atoms with Crippen LogP contribution in [0, 0.1) is 11.3 Å². The second-order valence-electron chi connectivity index (χ2n) is 3.89. The van der Waals surface area contributed by atoms with Gasteiger partial charge in [-0.15, -0.1) is 0 Å². The van der Waals surface area contributed by atoms with Crippen molar-refractivity contribution in [3.05, 3.63) is 0 Å². The predicted octanol–water partition coefficient (Wildman–Crippen LogP) is 1.18. The minimum Gasteiger partial charge on any atom is -0.396 e. The highest BCUT2D eigenvalue weighted by atomic mass is 16.5. The second kappa shape index (κ2) is 2.46. The van der Waals surface area contributed by atoms with Gasteiger partial charge in [-0.2, -0.15) is 0 Å². The fourth-order valence-electron chi connectivity index (χ4n) is 2.90. The van der Waals surface area contributed by atoms with Crippen molar-refractivity contribution in [2.45, 2.75) is 31.8 Å². The topological polar surface area (TPSA) is 29.5 Å². The Balaban J connectivity index is 2.04. The van der Waals surface area contributed by atoms with Gasteiger partial charge in [-0.05, 0) is 12.8 Å². The molecule has 2 heteroatoms. The Kier molecular flexibility index (Phi) is 1.69. The first-order valence-electron chi connectivity index (χ1n) is 4.49. The molecule has 2 rings (SSSR count). The van der Waals surface area contributed by atoms with Crippen molar-refractivity contribution in [2.24, 2.45) is 11.3 Å². The van der Waals surface area contributed by atoms with Crippen LogP contribution >= 0.6 is 0 Å². The molecule has 0 aromatic rings. The lowest BCUT2D eigenvalue weighted by Crippen LogP contribution is -2.02. The molecular formula is C9H16O2. The maximum Gasteiger partial charge on any atom is 0.0688 e. The molecule has 64 valence electrons. The van der Waals surface area contributed by atoms with Crippen molar-refractivity contribution in [3.8, 4) is 0 Å². The lowest BCUT2D eigenvalue weighted by atomic mass is 10.0. The Bertz CT molecular complexity index is 138. The molecule has 0 saturated heterocycles. The molecule has 0 amide bonds. The third-order valence-electron chi connectivity index (χ3n) is 3.55. The number of hydrogen-bond donors (Lipinski definition) is 1. The molecule has 0 aliphatic heterocycles. The molecule has 2 aliphatic rings. The van der Waals surface area contributed by atoms with E-state index in [1.54, 1.807) is 7.11 Å². The van der Waals surface area contributed by atoms with Gasteiger partial charge in [-0.3, -0.25) is 0 Å². The summed E-state index contributed by atoms with van der Waals surface area (Å²) in [7, 11) is 1.76. The first kappa shape index (κ1) is 7.56. The fraction of sp³-hybridized carbons (Fsp3) is 1.00. The van der Waals surface area contributed by atoms with Crippen molar-refractivity contribution in [2.75, 3.05) is 13.7 Å². The molecule has 1 spiro atoms. The van der Waals surface area contributed by atoms with E-state index < -0.39 is 0 Å². The van der Waals surface area contributed by atoms with Gasteiger partial charge < -0.3 is 9.84 Å². The van der Waals surface area contributed by atoms with E-state index in [4.69, 9.17) is 9.84 Å². The van der Waals surface area contributed by atoms with Crippen LogP contribution in [0.3, 0.4) is 0 Å². The molecule has 0 heterocycles. The summed E-state index contributed by atoms with van der Waals surface area (Å²) in [5, 5.41) is 9.05. The Morgan fingerprint density at radius 1 is 1.45 bits per heavy atom. The summed E-state index contributed by atoms with van der Waals surface area (Å²) in [5.74, 6) is 0.454. The van der Waals surface area contributed by atoms with Crippen LogP contribution in [0.5, 0.6) is 0 Å². The standard InChI is InChI=1S/C9H16O2/c1-11-8-7(6-10)9(8)4-2-3-5-9/h7-8,10H,2-6H2,1H3/t7-,8+/m1/s1. The number of aliphatic hydroxyl groups excluding tert-OH is 1. The van der Waals surface area contributed by atoms with E-state index in [0.29, 0.717) is 24.0 Å². The van der Waals surface area contributed by atoms with Gasteiger partial charge in [0.15, 0.2) is 0 Å². The lowest BCUT2D eigenvalue weighted by Gasteiger charge is -2.05. The van der Waals surface area contributed by atoms with E-state index in [0.717, 1.165) is 0 Å². The van der Waals surface area contributed by atoms with Gasteiger partial charge in [-0.1, -0.05) is 12.8 Å². The zero-order valence-corrected chi connectivity index (χ0v) is 7.05. The normalized spacial score (nSPS) is 39.8. The first-order chi connectivity index (χ1) is 5.35. The summed E-state index contributed by atoms with van der Waals surface area (Å²) >= 11 is 0. The maximum atomic E-state index is 9.05. The van der Waals surface area contributed by atoms with Crippen molar-refractivity contribution in [3.63, 3.8) is 0 Å². The fourth-order valence-corrected chi connectivity index (χ4v) is 2.90. The molecule has 0 aromatic heterocycles. The van der Waals surface area contributed by atoms with Crippen LogP contribution in [-0.2, 0) is 4.74 Å². The van der Waals surface area contributed by atoms with E-state index >= 15 is 0 Å². The average Bonchev–Trinajstić information content (AvgIpc) is 2.39. The van der Waals surface area contributed by atoms with Crippen LogP contribution in [0.25, 0.3) is 0 Å². The van der Waals surface area contributed by atoms with Crippen LogP contribution in [0.15, 0.2) is 0 Å². The molecule has 2 atom stereocenters. The monoisotopic (exact) mass is 156 g/mol. The highest BCUT2D eigenvalue weighted by molar-refractivity contribution is 5.13. The Labute approximate surface area is 67.6 Å². The number of hydrogen-bond acceptors (Lipinski definition) is 2. The van der Waals surface area contributed by atoms with Crippen molar-refractivity contribution >= 4 is 0 Å². The van der Waals surface area contributed by atoms with Crippen molar-refractivity contribution in [1.82, 2.24) is 0 Å². The summed E-state index contributed by atoms with van der Waals surface area (Å²) in [6, 6.07) is 0. The van der Waals surface area contributed by atoms with Gasteiger partial charge in [0.1, 0.15) is 0 Å². The predicted molar refractivity (Wildman–Crippen MR) is 42.3 cm³/mol. The van der Waals surface area contributed by atoms with Gasteiger partial charge >= 0.3 is 0 Å². The molecule has 0 radical (unpaired) electrons. The van der Waals surface area contributed by atoms with E-state index in [-0.39, 0.29) is 0 Å². The van der Waals surface area contributed by atoms with Gasteiger partial charge in [-0.25, -0.2) is 0 Å². The molecule has 2 saturated carbocycles. The van der Waals surface area contributed by atoms with Crippen LogP contribution < -0.4 is 0 Å². The zero-order chi connectivity index (χ0) is 7.90. The largest absolute Gasteiger partial charge is 0.396 e. The number of aliphatic hydroxyl groups is 1. The molecule has 2 aliphatic carbocycles. The van der Waals surface area contributed by atoms with E-state index in [1.807, 2.05) is 0 Å². The molecule has 2 nitrogen and oxygen atoms in total. The Morgan fingerprint density at radius 2 is 2.09 bits per heavy atom. The molecule has 0 bridgehead atoms. The van der Waals surface area contributed by atoms with Gasteiger partial charge in [0, 0.05) is 25.0 Å². The Hall–Kier alpha value is -0.0800. The maximum absolute atomic E-state index is 9.05. The van der Waals surface area contributed by atoms with Gasteiger partial charge in [0.05, 0.1) is 6.10 Å².